The molecule has 3 N–H and O–H groups in total. The molecule has 4 rings (SSSR count). The summed E-state index contributed by atoms with van der Waals surface area (Å²) in [5, 5.41) is 20.2. The van der Waals surface area contributed by atoms with Crippen LogP contribution in [0.15, 0.2) is 53.1 Å². The van der Waals surface area contributed by atoms with Crippen molar-refractivity contribution in [2.24, 2.45) is 0 Å². The van der Waals surface area contributed by atoms with Crippen LogP contribution in [0.1, 0.15) is 36.9 Å². The lowest BCUT2D eigenvalue weighted by atomic mass is 9.82. The van der Waals surface area contributed by atoms with E-state index >= 15 is 0 Å². The van der Waals surface area contributed by atoms with Crippen molar-refractivity contribution >= 4 is 25.1 Å². The molecule has 2 aromatic carbocycles. The lowest BCUT2D eigenvalue weighted by Crippen LogP contribution is -2.51. The molecule has 1 aliphatic rings. The van der Waals surface area contributed by atoms with E-state index in [1.807, 2.05) is 62.4 Å². The molecule has 3 aromatic rings. The summed E-state index contributed by atoms with van der Waals surface area (Å²) in [4.78, 5) is 13.2. The van der Waals surface area contributed by atoms with Gasteiger partial charge in [0.2, 0.25) is 0 Å². The Balaban J connectivity index is 0.00000160. The first-order valence-corrected chi connectivity index (χ1v) is 9.31. The molecule has 2 atom stereocenters. The van der Waals surface area contributed by atoms with Crippen LogP contribution < -0.4 is 10.6 Å². The van der Waals surface area contributed by atoms with Crippen molar-refractivity contribution in [1.82, 2.24) is 10.5 Å². The van der Waals surface area contributed by atoms with Crippen LogP contribution in [-0.4, -0.2) is 28.8 Å². The van der Waals surface area contributed by atoms with Crippen LogP contribution in [0.2, 0.25) is 0 Å². The maximum absolute atomic E-state index is 13.2. The molecule has 160 valence electrons. The molecular formula is C23H29N3O3S. The van der Waals surface area contributed by atoms with Crippen LogP contribution in [0, 0.1) is 13.8 Å². The maximum atomic E-state index is 13.2. The number of carbonyl (C=O) groups excluding carboxylic acids is 1. The molecule has 0 fully saturated rings. The van der Waals surface area contributed by atoms with Gasteiger partial charge in [-0.05, 0) is 44.0 Å². The highest BCUT2D eigenvalue weighted by atomic mass is 32.1. The highest BCUT2D eigenvalue weighted by Crippen LogP contribution is 2.43. The van der Waals surface area contributed by atoms with E-state index in [1.165, 1.54) is 0 Å². The zero-order valence-corrected chi connectivity index (χ0v) is 17.6. The van der Waals surface area contributed by atoms with Gasteiger partial charge in [-0.1, -0.05) is 49.0 Å². The summed E-state index contributed by atoms with van der Waals surface area (Å²) in [6, 6.07) is 15.4. The van der Waals surface area contributed by atoms with E-state index in [1.54, 1.807) is 6.92 Å². The zero-order valence-electron chi connectivity index (χ0n) is 16.6. The smallest absolute Gasteiger partial charge is 0.254 e. The number of aliphatic hydroxyl groups excluding tert-OH is 1. The molecule has 6 nitrogen and oxygen atoms in total. The molecule has 1 amide bonds. The number of hydrogen-bond donors (Lipinski definition) is 3. The minimum Gasteiger partial charge on any atom is -0.392 e. The average Bonchev–Trinajstić information content (AvgIpc) is 3.16. The number of nitrogens with one attached hydrogen (secondary N) is 2. The first-order chi connectivity index (χ1) is 13.4. The van der Waals surface area contributed by atoms with Crippen LogP contribution in [-0.2, 0) is 10.3 Å². The summed E-state index contributed by atoms with van der Waals surface area (Å²) in [7, 11) is 0. The van der Waals surface area contributed by atoms with Gasteiger partial charge in [0.25, 0.3) is 5.91 Å². The minimum absolute atomic E-state index is 0. The number of aryl methyl sites for hydroxylation is 2. The van der Waals surface area contributed by atoms with Gasteiger partial charge >= 0.3 is 0 Å². The molecule has 7 heteroatoms. The van der Waals surface area contributed by atoms with E-state index < -0.39 is 11.6 Å². The summed E-state index contributed by atoms with van der Waals surface area (Å²) in [6.45, 7) is 5.75. The molecule has 1 aliphatic heterocycles. The van der Waals surface area contributed by atoms with Crippen molar-refractivity contribution in [2.45, 2.75) is 39.8 Å². The van der Waals surface area contributed by atoms with Gasteiger partial charge in [-0.15, -0.1) is 0 Å². The Hall–Kier alpha value is -2.61. The number of nitrogens with zero attached hydrogens (tertiary/aromatic N) is 1. The van der Waals surface area contributed by atoms with Crippen LogP contribution in [0.3, 0.4) is 0 Å². The quantitative estimate of drug-likeness (QED) is 0.575. The number of aliphatic hydroxyl groups is 1. The Bertz CT molecular complexity index is 1010. The van der Waals surface area contributed by atoms with Gasteiger partial charge in [-0.3, -0.25) is 10.1 Å². The van der Waals surface area contributed by atoms with Gasteiger partial charge in [0.15, 0.2) is 5.54 Å². The number of hydrogen-bond acceptors (Lipinski definition) is 5. The van der Waals surface area contributed by atoms with Gasteiger partial charge in [-0.2, -0.15) is 13.5 Å². The first kappa shape index (κ1) is 23.7. The van der Waals surface area contributed by atoms with Crippen molar-refractivity contribution in [2.75, 3.05) is 11.9 Å². The van der Waals surface area contributed by atoms with E-state index in [0.29, 0.717) is 0 Å². The van der Waals surface area contributed by atoms with Crippen LogP contribution in [0.5, 0.6) is 0 Å². The van der Waals surface area contributed by atoms with E-state index in [4.69, 9.17) is 4.52 Å². The van der Waals surface area contributed by atoms with Crippen molar-refractivity contribution in [3.8, 4) is 11.1 Å². The Morgan fingerprint density at radius 1 is 1.20 bits per heavy atom. The second-order valence-corrected chi connectivity index (χ2v) is 7.26. The van der Waals surface area contributed by atoms with Crippen molar-refractivity contribution in [3.63, 3.8) is 0 Å². The zero-order chi connectivity index (χ0) is 19.9. The number of rotatable bonds is 5. The first-order valence-electron chi connectivity index (χ1n) is 9.31. The molecule has 1 unspecified atom stereocenters. The number of amides is 1. The fraction of sp³-hybridized carbons (Fsp3) is 0.304. The number of carbonyl (C=O) groups is 1. The van der Waals surface area contributed by atoms with Gasteiger partial charge in [0.05, 0.1) is 11.8 Å². The molecule has 0 saturated heterocycles. The van der Waals surface area contributed by atoms with Gasteiger partial charge < -0.3 is 14.9 Å². The Morgan fingerprint density at radius 2 is 1.90 bits per heavy atom. The summed E-state index contributed by atoms with van der Waals surface area (Å²) in [5.74, 6) is 0.572. The summed E-state index contributed by atoms with van der Waals surface area (Å²) < 4.78 is 5.32. The largest absolute Gasteiger partial charge is 0.392 e. The van der Waals surface area contributed by atoms with Gasteiger partial charge in [0.1, 0.15) is 5.76 Å². The topological polar surface area (TPSA) is 87.4 Å². The highest BCUT2D eigenvalue weighted by Gasteiger charge is 2.48. The van der Waals surface area contributed by atoms with E-state index in [9.17, 15) is 9.90 Å². The fourth-order valence-corrected chi connectivity index (χ4v) is 3.91. The Labute approximate surface area is 184 Å². The lowest BCUT2D eigenvalue weighted by molar-refractivity contribution is -0.120. The van der Waals surface area contributed by atoms with Crippen molar-refractivity contribution < 1.29 is 14.4 Å². The molecule has 0 saturated carbocycles. The average molecular weight is 428 g/mol. The predicted molar refractivity (Wildman–Crippen MR) is 124 cm³/mol. The van der Waals surface area contributed by atoms with Crippen molar-refractivity contribution in [3.05, 3.63) is 71.1 Å². The maximum Gasteiger partial charge on any atom is 0.254 e. The second kappa shape index (κ2) is 9.04. The summed E-state index contributed by atoms with van der Waals surface area (Å²) in [5.41, 5.74) is 3.98. The molecule has 1 aromatic heterocycles. The van der Waals surface area contributed by atoms with E-state index in [-0.39, 0.29) is 33.4 Å². The molecular weight excluding hydrogens is 398 g/mol. The molecule has 0 aliphatic carbocycles. The van der Waals surface area contributed by atoms with Crippen molar-refractivity contribution in [1.29, 1.82) is 0 Å². The molecule has 0 radical (unpaired) electrons. The van der Waals surface area contributed by atoms with Gasteiger partial charge in [-0.25, -0.2) is 0 Å². The number of fused-ring (bicyclic) bond motifs is 1. The monoisotopic (exact) mass is 427 g/mol. The standard InChI is InChI=1S/C22H23N3O3.CH4.H2S/c1-13(26)12-23-22(17-7-5-4-6-8-17)18-11-16(9-10-19(18)24-21(22)27)20-14(2)25-28-15(20)3;;/h4-11,13,23,26H,12H2,1-3H3,(H,24,27);1H4;1H2/t13-,22?;;/m1../s1. The molecule has 2 heterocycles. The van der Waals surface area contributed by atoms with Crippen LogP contribution in [0.25, 0.3) is 11.1 Å². The van der Waals surface area contributed by atoms with Gasteiger partial charge in [0, 0.05) is 23.4 Å². The summed E-state index contributed by atoms with van der Waals surface area (Å²) >= 11 is 0. The molecule has 0 bridgehead atoms. The summed E-state index contributed by atoms with van der Waals surface area (Å²) in [6.07, 6.45) is -0.594. The third kappa shape index (κ3) is 3.76. The third-order valence-electron chi connectivity index (χ3n) is 5.20. The third-order valence-corrected chi connectivity index (χ3v) is 5.20. The predicted octanol–water partition coefficient (Wildman–Crippen LogP) is 3.87. The minimum atomic E-state index is -1.08. The fourth-order valence-electron chi connectivity index (χ4n) is 3.91. The number of anilines is 1. The number of aromatic nitrogens is 1. The van der Waals surface area contributed by atoms with E-state index in [0.717, 1.165) is 39.4 Å². The normalized spacial score (nSPS) is 18.1. The second-order valence-electron chi connectivity index (χ2n) is 7.26. The van der Waals surface area contributed by atoms with E-state index in [2.05, 4.69) is 15.8 Å². The Kier molecular flexibility index (Phi) is 7.13. The highest BCUT2D eigenvalue weighted by molar-refractivity contribution is 7.59. The SMILES string of the molecule is C.Cc1noc(C)c1-c1ccc2c(c1)C(NC[C@@H](C)O)(c1ccccc1)C(=O)N2.S. The molecule has 30 heavy (non-hydrogen) atoms. The Morgan fingerprint density at radius 3 is 2.50 bits per heavy atom. The van der Waals surface area contributed by atoms with Crippen LogP contribution in [0.4, 0.5) is 5.69 Å². The van der Waals surface area contributed by atoms with Crippen LogP contribution >= 0.6 is 13.5 Å². The number of benzene rings is 2. The lowest BCUT2D eigenvalue weighted by Gasteiger charge is -2.30. The molecule has 0 spiro atoms.